The van der Waals surface area contributed by atoms with Crippen molar-refractivity contribution in [2.24, 2.45) is 4.99 Å². The standard InChI is InChI=1S/C20H25N7O.HI/c1-3-21-19(28)16-9-7-8-15(12-16)13-23-20(22-4-2)24-14-18-26-25-17-10-5-6-11-27(17)18;/h5-12H,3-4,13-14H2,1-2H3,(H,21,28)(H2,22,23,24);1H. The molecule has 0 aliphatic rings. The van der Waals surface area contributed by atoms with Crippen LogP contribution in [0, 0.1) is 0 Å². The lowest BCUT2D eigenvalue weighted by atomic mass is 10.1. The number of carbonyl (C=O) groups is 1. The zero-order chi connectivity index (χ0) is 19.8. The van der Waals surface area contributed by atoms with Crippen LogP contribution in [0.2, 0.25) is 0 Å². The van der Waals surface area contributed by atoms with Crippen LogP contribution in [-0.4, -0.2) is 39.6 Å². The van der Waals surface area contributed by atoms with E-state index in [1.54, 1.807) is 6.07 Å². The largest absolute Gasteiger partial charge is 0.357 e. The van der Waals surface area contributed by atoms with Gasteiger partial charge in [0.25, 0.3) is 5.91 Å². The number of nitrogens with zero attached hydrogens (tertiary/aromatic N) is 4. The van der Waals surface area contributed by atoms with E-state index in [2.05, 4.69) is 31.1 Å². The third-order valence-electron chi connectivity index (χ3n) is 4.09. The molecule has 3 N–H and O–H groups in total. The van der Waals surface area contributed by atoms with Crippen LogP contribution < -0.4 is 16.0 Å². The van der Waals surface area contributed by atoms with Crippen LogP contribution in [0.4, 0.5) is 0 Å². The Labute approximate surface area is 187 Å². The molecule has 0 radical (unpaired) electrons. The number of rotatable bonds is 7. The Morgan fingerprint density at radius 2 is 1.86 bits per heavy atom. The molecule has 0 saturated heterocycles. The number of aliphatic imine (C=N–C) groups is 1. The summed E-state index contributed by atoms with van der Waals surface area (Å²) in [5.74, 6) is 1.41. The summed E-state index contributed by atoms with van der Waals surface area (Å²) in [6, 6.07) is 13.3. The monoisotopic (exact) mass is 507 g/mol. The van der Waals surface area contributed by atoms with E-state index in [0.29, 0.717) is 31.2 Å². The Morgan fingerprint density at radius 1 is 1.03 bits per heavy atom. The highest BCUT2D eigenvalue weighted by atomic mass is 127. The summed E-state index contributed by atoms with van der Waals surface area (Å²) >= 11 is 0. The lowest BCUT2D eigenvalue weighted by Gasteiger charge is -2.11. The maximum atomic E-state index is 12.0. The van der Waals surface area contributed by atoms with E-state index < -0.39 is 0 Å². The molecule has 0 saturated carbocycles. The van der Waals surface area contributed by atoms with E-state index in [9.17, 15) is 4.79 Å². The van der Waals surface area contributed by atoms with Crippen molar-refractivity contribution < 1.29 is 4.79 Å². The molecule has 0 aliphatic heterocycles. The van der Waals surface area contributed by atoms with Crippen LogP contribution in [0.3, 0.4) is 0 Å². The lowest BCUT2D eigenvalue weighted by molar-refractivity contribution is 0.0955. The summed E-state index contributed by atoms with van der Waals surface area (Å²) in [7, 11) is 0. The van der Waals surface area contributed by atoms with Crippen LogP contribution in [-0.2, 0) is 13.1 Å². The van der Waals surface area contributed by atoms with Gasteiger partial charge in [-0.15, -0.1) is 34.2 Å². The number of hydrogen-bond acceptors (Lipinski definition) is 4. The van der Waals surface area contributed by atoms with E-state index in [1.807, 2.05) is 60.8 Å². The van der Waals surface area contributed by atoms with Crippen molar-refractivity contribution in [2.75, 3.05) is 13.1 Å². The van der Waals surface area contributed by atoms with Crippen molar-refractivity contribution >= 4 is 41.5 Å². The van der Waals surface area contributed by atoms with Crippen molar-refractivity contribution in [3.63, 3.8) is 0 Å². The molecular formula is C20H26IN7O. The van der Waals surface area contributed by atoms with Gasteiger partial charge in [-0.3, -0.25) is 9.20 Å². The minimum Gasteiger partial charge on any atom is -0.357 e. The number of guanidine groups is 1. The molecule has 29 heavy (non-hydrogen) atoms. The highest BCUT2D eigenvalue weighted by Crippen LogP contribution is 2.07. The fourth-order valence-electron chi connectivity index (χ4n) is 2.76. The molecule has 2 aromatic heterocycles. The molecule has 0 unspecified atom stereocenters. The van der Waals surface area contributed by atoms with Crippen molar-refractivity contribution in [1.82, 2.24) is 30.5 Å². The molecule has 0 fully saturated rings. The molecule has 0 bridgehead atoms. The van der Waals surface area contributed by atoms with E-state index in [-0.39, 0.29) is 29.9 Å². The number of benzene rings is 1. The first-order valence-electron chi connectivity index (χ1n) is 9.39. The smallest absolute Gasteiger partial charge is 0.251 e. The summed E-state index contributed by atoms with van der Waals surface area (Å²) in [5.41, 5.74) is 2.42. The predicted octanol–water partition coefficient (Wildman–Crippen LogP) is 2.35. The third kappa shape index (κ3) is 6.14. The van der Waals surface area contributed by atoms with Gasteiger partial charge in [-0.1, -0.05) is 18.2 Å². The minimum atomic E-state index is -0.0722. The second-order valence-corrected chi connectivity index (χ2v) is 6.15. The Balaban J connectivity index is 0.00000300. The summed E-state index contributed by atoms with van der Waals surface area (Å²) in [6.07, 6.45) is 1.93. The number of aromatic nitrogens is 3. The number of fused-ring (bicyclic) bond motifs is 1. The maximum absolute atomic E-state index is 12.0. The zero-order valence-corrected chi connectivity index (χ0v) is 18.9. The van der Waals surface area contributed by atoms with Gasteiger partial charge in [-0.2, -0.15) is 0 Å². The highest BCUT2D eigenvalue weighted by Gasteiger charge is 2.07. The molecule has 3 rings (SSSR count). The lowest BCUT2D eigenvalue weighted by Crippen LogP contribution is -2.37. The van der Waals surface area contributed by atoms with Crippen LogP contribution in [0.5, 0.6) is 0 Å². The maximum Gasteiger partial charge on any atom is 0.251 e. The number of carbonyl (C=O) groups excluding carboxylic acids is 1. The first-order valence-corrected chi connectivity index (χ1v) is 9.39. The predicted molar refractivity (Wildman–Crippen MR) is 125 cm³/mol. The van der Waals surface area contributed by atoms with Gasteiger partial charge in [0.2, 0.25) is 0 Å². The molecular weight excluding hydrogens is 481 g/mol. The van der Waals surface area contributed by atoms with Gasteiger partial charge < -0.3 is 16.0 Å². The van der Waals surface area contributed by atoms with Gasteiger partial charge in [-0.25, -0.2) is 4.99 Å². The van der Waals surface area contributed by atoms with Gasteiger partial charge in [0, 0.05) is 24.8 Å². The molecule has 8 nitrogen and oxygen atoms in total. The molecule has 1 amide bonds. The van der Waals surface area contributed by atoms with Crippen molar-refractivity contribution in [3.8, 4) is 0 Å². The molecule has 1 aromatic carbocycles. The summed E-state index contributed by atoms with van der Waals surface area (Å²) in [6.45, 7) is 6.22. The number of nitrogens with one attached hydrogen (secondary N) is 3. The highest BCUT2D eigenvalue weighted by molar-refractivity contribution is 14.0. The summed E-state index contributed by atoms with van der Waals surface area (Å²) in [4.78, 5) is 16.6. The molecule has 0 aliphatic carbocycles. The fraction of sp³-hybridized carbons (Fsp3) is 0.300. The van der Waals surface area contributed by atoms with Gasteiger partial charge >= 0.3 is 0 Å². The van der Waals surface area contributed by atoms with E-state index in [1.165, 1.54) is 0 Å². The van der Waals surface area contributed by atoms with Gasteiger partial charge in [-0.05, 0) is 43.7 Å². The molecule has 3 aromatic rings. The van der Waals surface area contributed by atoms with Crippen LogP contribution >= 0.6 is 24.0 Å². The molecule has 0 spiro atoms. The average molecular weight is 507 g/mol. The van der Waals surface area contributed by atoms with Gasteiger partial charge in [0.05, 0.1) is 13.1 Å². The minimum absolute atomic E-state index is 0. The normalized spacial score (nSPS) is 11.0. The zero-order valence-electron chi connectivity index (χ0n) is 16.6. The van der Waals surface area contributed by atoms with Gasteiger partial charge in [0.15, 0.2) is 17.4 Å². The summed E-state index contributed by atoms with van der Waals surface area (Å²) < 4.78 is 1.94. The number of amides is 1. The van der Waals surface area contributed by atoms with Crippen molar-refractivity contribution in [3.05, 3.63) is 65.6 Å². The summed E-state index contributed by atoms with van der Waals surface area (Å²) in [5, 5.41) is 17.7. The second kappa shape index (κ2) is 11.3. The van der Waals surface area contributed by atoms with E-state index in [0.717, 1.165) is 23.6 Å². The van der Waals surface area contributed by atoms with E-state index in [4.69, 9.17) is 0 Å². The van der Waals surface area contributed by atoms with Crippen molar-refractivity contribution in [1.29, 1.82) is 0 Å². The van der Waals surface area contributed by atoms with Crippen molar-refractivity contribution in [2.45, 2.75) is 26.9 Å². The molecule has 154 valence electrons. The molecule has 9 heteroatoms. The van der Waals surface area contributed by atoms with Gasteiger partial charge in [0.1, 0.15) is 0 Å². The van der Waals surface area contributed by atoms with E-state index >= 15 is 0 Å². The number of hydrogen-bond donors (Lipinski definition) is 3. The Hall–Kier alpha value is -2.69. The SMILES string of the molecule is CCNC(=O)c1cccc(CN=C(NCC)NCc2nnc3ccccn23)c1.I. The fourth-order valence-corrected chi connectivity index (χ4v) is 2.76. The number of halogens is 1. The van der Waals surface area contributed by atoms with Crippen LogP contribution in [0.1, 0.15) is 35.6 Å². The first kappa shape index (κ1) is 22.6. The molecule has 0 atom stereocenters. The number of pyridine rings is 1. The second-order valence-electron chi connectivity index (χ2n) is 6.15. The topological polar surface area (TPSA) is 95.7 Å². The third-order valence-corrected chi connectivity index (χ3v) is 4.09. The quantitative estimate of drug-likeness (QED) is 0.259. The molecule has 2 heterocycles. The Morgan fingerprint density at radius 3 is 2.66 bits per heavy atom. The van der Waals surface area contributed by atoms with Crippen LogP contribution in [0.15, 0.2) is 53.7 Å². The Kier molecular flexibility index (Phi) is 8.84. The first-order chi connectivity index (χ1) is 13.7. The average Bonchev–Trinajstić information content (AvgIpc) is 3.14. The van der Waals surface area contributed by atoms with Crippen LogP contribution in [0.25, 0.3) is 5.65 Å². The Bertz CT molecular complexity index is 970.